The van der Waals surface area contributed by atoms with Crippen LogP contribution < -0.4 is 24.4 Å². The molecular weight excluding hydrogens is 416 g/mol. The lowest BCUT2D eigenvalue weighted by Gasteiger charge is -2.13. The molecule has 2 aromatic carbocycles. The van der Waals surface area contributed by atoms with Crippen molar-refractivity contribution in [1.29, 1.82) is 0 Å². The van der Waals surface area contributed by atoms with Crippen LogP contribution >= 0.6 is 11.3 Å². The van der Waals surface area contributed by atoms with Crippen LogP contribution in [0.15, 0.2) is 65.1 Å². The number of para-hydroxylation sites is 2. The highest BCUT2D eigenvalue weighted by molar-refractivity contribution is 7.10. The average molecular weight is 441 g/mol. The summed E-state index contributed by atoms with van der Waals surface area (Å²) < 4.78 is 22.1. The van der Waals surface area contributed by atoms with Crippen LogP contribution in [0.4, 0.5) is 0 Å². The van der Waals surface area contributed by atoms with Crippen molar-refractivity contribution in [2.75, 3.05) is 27.4 Å². The van der Waals surface area contributed by atoms with Gasteiger partial charge in [0.05, 0.1) is 26.9 Å². The highest BCUT2D eigenvalue weighted by Gasteiger charge is 2.07. The number of hydrogen-bond donors (Lipinski definition) is 1. The second-order valence-electron chi connectivity index (χ2n) is 6.31. The summed E-state index contributed by atoms with van der Waals surface area (Å²) in [5.41, 5.74) is 3.30. The Hall–Kier alpha value is -3.52. The number of nitrogens with one attached hydrogen (secondary N) is 1. The van der Waals surface area contributed by atoms with Gasteiger partial charge in [-0.2, -0.15) is 5.10 Å². The van der Waals surface area contributed by atoms with Gasteiger partial charge in [0, 0.05) is 4.88 Å². The molecule has 0 fully saturated rings. The second kappa shape index (κ2) is 11.6. The fourth-order valence-electron chi connectivity index (χ4n) is 2.71. The predicted molar refractivity (Wildman–Crippen MR) is 121 cm³/mol. The molecule has 0 unspecified atom stereocenters. The number of methoxy groups -OCH3 is 2. The molecule has 162 valence electrons. The van der Waals surface area contributed by atoms with Crippen molar-refractivity contribution < 1.29 is 23.7 Å². The van der Waals surface area contributed by atoms with E-state index in [-0.39, 0.29) is 5.91 Å². The standard InChI is InChI=1S/C23H24N2O5S/c1-27-19-7-3-4-8-20(19)29-11-12-30-21-10-9-17(14-22(21)28-2)16-24-25-23(26)15-18-6-5-13-31-18/h3-10,13-14,16H,11-12,15H2,1-2H3,(H,25,26)/b24-16-. The SMILES string of the molecule is COc1ccccc1OCCOc1ccc(/C=N\NC(=O)Cc2cccs2)cc1OC. The van der Waals surface area contributed by atoms with Crippen LogP contribution in [0.2, 0.25) is 0 Å². The van der Waals surface area contributed by atoms with Gasteiger partial charge >= 0.3 is 0 Å². The second-order valence-corrected chi connectivity index (χ2v) is 7.34. The van der Waals surface area contributed by atoms with Crippen LogP contribution in [0.25, 0.3) is 0 Å². The van der Waals surface area contributed by atoms with E-state index >= 15 is 0 Å². The highest BCUT2D eigenvalue weighted by Crippen LogP contribution is 2.28. The lowest BCUT2D eigenvalue weighted by molar-refractivity contribution is -0.120. The van der Waals surface area contributed by atoms with E-state index in [1.165, 1.54) is 11.3 Å². The molecule has 31 heavy (non-hydrogen) atoms. The zero-order valence-corrected chi connectivity index (χ0v) is 18.2. The molecule has 1 heterocycles. The van der Waals surface area contributed by atoms with Gasteiger partial charge in [0.2, 0.25) is 5.91 Å². The molecular formula is C23H24N2O5S. The minimum atomic E-state index is -0.166. The molecule has 7 nitrogen and oxygen atoms in total. The van der Waals surface area contributed by atoms with Gasteiger partial charge < -0.3 is 18.9 Å². The van der Waals surface area contributed by atoms with Crippen LogP contribution in [0.5, 0.6) is 23.0 Å². The topological polar surface area (TPSA) is 78.4 Å². The highest BCUT2D eigenvalue weighted by atomic mass is 32.1. The molecule has 0 radical (unpaired) electrons. The molecule has 1 amide bonds. The number of carbonyl (C=O) groups is 1. The lowest BCUT2D eigenvalue weighted by Crippen LogP contribution is -2.19. The molecule has 1 aromatic heterocycles. The van der Waals surface area contributed by atoms with E-state index in [2.05, 4.69) is 10.5 Å². The van der Waals surface area contributed by atoms with Crippen LogP contribution in [0.1, 0.15) is 10.4 Å². The third kappa shape index (κ3) is 6.75. The van der Waals surface area contributed by atoms with Crippen LogP contribution in [-0.4, -0.2) is 39.6 Å². The summed E-state index contributed by atoms with van der Waals surface area (Å²) in [4.78, 5) is 12.9. The Kier molecular flexibility index (Phi) is 8.30. The number of amides is 1. The monoisotopic (exact) mass is 440 g/mol. The number of nitrogens with zero attached hydrogens (tertiary/aromatic N) is 1. The van der Waals surface area contributed by atoms with Gasteiger partial charge in [0.15, 0.2) is 23.0 Å². The van der Waals surface area contributed by atoms with Crippen LogP contribution in [0.3, 0.4) is 0 Å². The van der Waals surface area contributed by atoms with Crippen molar-refractivity contribution in [2.45, 2.75) is 6.42 Å². The smallest absolute Gasteiger partial charge is 0.245 e. The molecule has 0 saturated heterocycles. The van der Waals surface area contributed by atoms with Gasteiger partial charge in [0.25, 0.3) is 0 Å². The first kappa shape index (κ1) is 22.2. The number of rotatable bonds is 11. The minimum absolute atomic E-state index is 0.166. The van der Waals surface area contributed by atoms with E-state index in [0.29, 0.717) is 42.6 Å². The van der Waals surface area contributed by atoms with Gasteiger partial charge in [-0.3, -0.25) is 4.79 Å². The Morgan fingerprint density at radius 1 is 0.935 bits per heavy atom. The minimum Gasteiger partial charge on any atom is -0.493 e. The first-order valence-corrected chi connectivity index (χ1v) is 10.5. The van der Waals surface area contributed by atoms with Gasteiger partial charge in [0.1, 0.15) is 13.2 Å². The zero-order chi connectivity index (χ0) is 21.9. The first-order valence-electron chi connectivity index (χ1n) is 9.60. The van der Waals surface area contributed by atoms with Gasteiger partial charge in [-0.05, 0) is 47.3 Å². The molecule has 1 N–H and O–H groups in total. The summed E-state index contributed by atoms with van der Waals surface area (Å²) in [5.74, 6) is 2.32. The van der Waals surface area contributed by atoms with E-state index in [9.17, 15) is 4.79 Å². The Bertz CT molecular complexity index is 1000. The first-order chi connectivity index (χ1) is 15.2. The molecule has 8 heteroatoms. The summed E-state index contributed by atoms with van der Waals surface area (Å²) in [6.07, 6.45) is 1.87. The largest absolute Gasteiger partial charge is 0.493 e. The molecule has 0 spiro atoms. The van der Waals surface area contributed by atoms with Crippen molar-refractivity contribution in [2.24, 2.45) is 5.10 Å². The van der Waals surface area contributed by atoms with Gasteiger partial charge in [-0.1, -0.05) is 18.2 Å². The van der Waals surface area contributed by atoms with Gasteiger partial charge in [-0.15, -0.1) is 11.3 Å². The summed E-state index contributed by atoms with van der Waals surface area (Å²) in [6.45, 7) is 0.684. The van der Waals surface area contributed by atoms with E-state index in [1.807, 2.05) is 47.8 Å². The zero-order valence-electron chi connectivity index (χ0n) is 17.4. The number of carbonyl (C=O) groups excluding carboxylic acids is 1. The lowest BCUT2D eigenvalue weighted by atomic mass is 10.2. The quantitative estimate of drug-likeness (QED) is 0.278. The van der Waals surface area contributed by atoms with Crippen LogP contribution in [0, 0.1) is 0 Å². The molecule has 0 bridgehead atoms. The van der Waals surface area contributed by atoms with Crippen molar-refractivity contribution in [1.82, 2.24) is 5.43 Å². The maximum Gasteiger partial charge on any atom is 0.245 e. The molecule has 0 aliphatic heterocycles. The number of benzene rings is 2. The van der Waals surface area contributed by atoms with E-state index in [0.717, 1.165) is 10.4 Å². The number of hydrogen-bond acceptors (Lipinski definition) is 7. The Morgan fingerprint density at radius 2 is 1.65 bits per heavy atom. The Balaban J connectivity index is 1.49. The Labute approximate surface area is 185 Å². The molecule has 0 atom stereocenters. The van der Waals surface area contributed by atoms with Crippen molar-refractivity contribution in [3.05, 3.63) is 70.4 Å². The van der Waals surface area contributed by atoms with E-state index < -0.39 is 0 Å². The summed E-state index contributed by atoms with van der Waals surface area (Å²) in [6, 6.07) is 16.7. The number of thiophene rings is 1. The maximum absolute atomic E-state index is 11.9. The number of ether oxygens (including phenoxy) is 4. The third-order valence-corrected chi connectivity index (χ3v) is 5.05. The third-order valence-electron chi connectivity index (χ3n) is 4.17. The Morgan fingerprint density at radius 3 is 2.32 bits per heavy atom. The molecule has 0 aliphatic rings. The predicted octanol–water partition coefficient (Wildman–Crippen LogP) is 3.92. The van der Waals surface area contributed by atoms with Crippen LogP contribution in [-0.2, 0) is 11.2 Å². The molecule has 0 aliphatic carbocycles. The van der Waals surface area contributed by atoms with Crippen molar-refractivity contribution in [3.8, 4) is 23.0 Å². The van der Waals surface area contributed by atoms with E-state index in [4.69, 9.17) is 18.9 Å². The molecule has 3 rings (SSSR count). The molecule has 3 aromatic rings. The molecule has 0 saturated carbocycles. The average Bonchev–Trinajstić information content (AvgIpc) is 3.30. The summed E-state index contributed by atoms with van der Waals surface area (Å²) in [5, 5.41) is 5.94. The fourth-order valence-corrected chi connectivity index (χ4v) is 3.42. The van der Waals surface area contributed by atoms with E-state index in [1.54, 1.807) is 32.6 Å². The number of hydrazone groups is 1. The van der Waals surface area contributed by atoms with Crippen molar-refractivity contribution >= 4 is 23.5 Å². The fraction of sp³-hybridized carbons (Fsp3) is 0.217. The normalized spacial score (nSPS) is 10.6. The van der Waals surface area contributed by atoms with Crippen molar-refractivity contribution in [3.63, 3.8) is 0 Å². The summed E-state index contributed by atoms with van der Waals surface area (Å²) in [7, 11) is 3.17. The maximum atomic E-state index is 11.9. The van der Waals surface area contributed by atoms with Gasteiger partial charge in [-0.25, -0.2) is 5.43 Å². The summed E-state index contributed by atoms with van der Waals surface area (Å²) >= 11 is 1.54.